The molecule has 0 saturated carbocycles. The van der Waals surface area contributed by atoms with E-state index in [-0.39, 0.29) is 35.3 Å². The molecule has 152 valence electrons. The molecule has 0 spiro atoms. The van der Waals surface area contributed by atoms with Crippen LogP contribution in [0.5, 0.6) is 0 Å². The number of aryl methyl sites for hydroxylation is 1. The topological polar surface area (TPSA) is 79.6 Å². The Labute approximate surface area is 169 Å². The second kappa shape index (κ2) is 8.59. The van der Waals surface area contributed by atoms with Crippen molar-refractivity contribution < 1.29 is 22.0 Å². The first-order valence-electron chi connectivity index (χ1n) is 8.89. The number of amides is 1. The lowest BCUT2D eigenvalue weighted by Gasteiger charge is -2.19. The summed E-state index contributed by atoms with van der Waals surface area (Å²) in [6.45, 7) is 1.94. The Balaban J connectivity index is 1.79. The molecule has 0 radical (unpaired) electrons. The van der Waals surface area contributed by atoms with Gasteiger partial charge in [-0.25, -0.2) is 17.5 Å². The molecule has 6 nitrogen and oxygen atoms in total. The maximum absolute atomic E-state index is 13.4. The zero-order valence-corrected chi connectivity index (χ0v) is 16.9. The molecule has 0 unspecified atom stereocenters. The Hall–Kier alpha value is -2.97. The highest BCUT2D eigenvalue weighted by atomic mass is 32.2. The SMILES string of the molecule is Cc1ccc(S(=O)(=O)NCc2ccco2)cc1C(=O)N(C)Cc1cccc(F)c1. The van der Waals surface area contributed by atoms with Crippen LogP contribution in [0.3, 0.4) is 0 Å². The Morgan fingerprint density at radius 1 is 1.14 bits per heavy atom. The fourth-order valence-electron chi connectivity index (χ4n) is 2.85. The molecule has 8 heteroatoms. The number of carbonyl (C=O) groups is 1. The van der Waals surface area contributed by atoms with Crippen molar-refractivity contribution in [2.75, 3.05) is 7.05 Å². The summed E-state index contributed by atoms with van der Waals surface area (Å²) < 4.78 is 46.1. The summed E-state index contributed by atoms with van der Waals surface area (Å²) in [6.07, 6.45) is 1.46. The van der Waals surface area contributed by atoms with Gasteiger partial charge in [0.15, 0.2) is 0 Å². The maximum Gasteiger partial charge on any atom is 0.254 e. The van der Waals surface area contributed by atoms with Crippen molar-refractivity contribution in [3.63, 3.8) is 0 Å². The lowest BCUT2D eigenvalue weighted by atomic mass is 10.1. The molecule has 1 heterocycles. The van der Waals surface area contributed by atoms with Crippen molar-refractivity contribution in [1.29, 1.82) is 0 Å². The average molecular weight is 416 g/mol. The smallest absolute Gasteiger partial charge is 0.254 e. The van der Waals surface area contributed by atoms with Gasteiger partial charge in [-0.3, -0.25) is 4.79 Å². The highest BCUT2D eigenvalue weighted by Crippen LogP contribution is 2.19. The summed E-state index contributed by atoms with van der Waals surface area (Å²) in [6, 6.07) is 13.7. The highest BCUT2D eigenvalue weighted by Gasteiger charge is 2.20. The molecule has 3 aromatic rings. The number of halogens is 1. The van der Waals surface area contributed by atoms with Gasteiger partial charge in [-0.15, -0.1) is 0 Å². The van der Waals surface area contributed by atoms with E-state index in [1.807, 2.05) is 0 Å². The molecule has 0 aliphatic carbocycles. The van der Waals surface area contributed by atoms with E-state index in [1.165, 1.54) is 35.4 Å². The minimum atomic E-state index is -3.83. The summed E-state index contributed by atoms with van der Waals surface area (Å²) in [5, 5.41) is 0. The van der Waals surface area contributed by atoms with Crippen molar-refractivity contribution >= 4 is 15.9 Å². The number of hydrogen-bond acceptors (Lipinski definition) is 4. The first kappa shape index (κ1) is 20.8. The zero-order valence-electron chi connectivity index (χ0n) is 16.1. The summed E-state index contributed by atoms with van der Waals surface area (Å²) >= 11 is 0. The average Bonchev–Trinajstić information content (AvgIpc) is 3.20. The fourth-order valence-corrected chi connectivity index (χ4v) is 3.87. The van der Waals surface area contributed by atoms with E-state index in [1.54, 1.807) is 44.3 Å². The van der Waals surface area contributed by atoms with Gasteiger partial charge >= 0.3 is 0 Å². The molecule has 0 atom stereocenters. The van der Waals surface area contributed by atoms with E-state index < -0.39 is 10.0 Å². The molecule has 2 aromatic carbocycles. The number of furan rings is 1. The fraction of sp³-hybridized carbons (Fsp3) is 0.190. The number of rotatable bonds is 7. The van der Waals surface area contributed by atoms with E-state index in [0.29, 0.717) is 16.9 Å². The predicted octanol–water partition coefficient (Wildman–Crippen LogP) is 3.48. The molecule has 0 saturated heterocycles. The standard InChI is InChI=1S/C21H21FN2O4S/c1-15-8-9-19(29(26,27)23-13-18-7-4-10-28-18)12-20(15)21(25)24(2)14-16-5-3-6-17(22)11-16/h3-12,23H,13-14H2,1-2H3. The third-order valence-corrected chi connectivity index (χ3v) is 5.82. The van der Waals surface area contributed by atoms with E-state index >= 15 is 0 Å². The van der Waals surface area contributed by atoms with E-state index in [9.17, 15) is 17.6 Å². The first-order valence-corrected chi connectivity index (χ1v) is 10.4. The van der Waals surface area contributed by atoms with Crippen LogP contribution in [0.25, 0.3) is 0 Å². The second-order valence-corrected chi connectivity index (χ2v) is 8.44. The van der Waals surface area contributed by atoms with Crippen molar-refractivity contribution in [3.8, 4) is 0 Å². The third kappa shape index (κ3) is 5.10. The quantitative estimate of drug-likeness (QED) is 0.640. The zero-order chi connectivity index (χ0) is 21.0. The number of nitrogens with one attached hydrogen (secondary N) is 1. The Morgan fingerprint density at radius 2 is 1.93 bits per heavy atom. The Morgan fingerprint density at radius 3 is 2.62 bits per heavy atom. The Bertz CT molecular complexity index is 1110. The van der Waals surface area contributed by atoms with Crippen LogP contribution in [0.15, 0.2) is 70.2 Å². The molecular weight excluding hydrogens is 395 g/mol. The highest BCUT2D eigenvalue weighted by molar-refractivity contribution is 7.89. The second-order valence-electron chi connectivity index (χ2n) is 6.67. The third-order valence-electron chi connectivity index (χ3n) is 4.42. The summed E-state index contributed by atoms with van der Waals surface area (Å²) in [5.74, 6) is -0.253. The van der Waals surface area contributed by atoms with Crippen LogP contribution in [0.4, 0.5) is 4.39 Å². The van der Waals surface area contributed by atoms with Gasteiger partial charge in [-0.05, 0) is 54.4 Å². The van der Waals surface area contributed by atoms with Gasteiger partial charge in [0.1, 0.15) is 11.6 Å². The summed E-state index contributed by atoms with van der Waals surface area (Å²) in [7, 11) is -2.24. The summed E-state index contributed by atoms with van der Waals surface area (Å²) in [5.41, 5.74) is 1.55. The normalized spacial score (nSPS) is 11.4. The van der Waals surface area contributed by atoms with Gasteiger partial charge < -0.3 is 9.32 Å². The molecule has 0 bridgehead atoms. The van der Waals surface area contributed by atoms with Crippen molar-refractivity contribution in [2.45, 2.75) is 24.9 Å². The molecule has 29 heavy (non-hydrogen) atoms. The van der Waals surface area contributed by atoms with Crippen molar-refractivity contribution in [3.05, 3.63) is 89.1 Å². The first-order chi connectivity index (χ1) is 13.8. The van der Waals surface area contributed by atoms with Crippen LogP contribution in [0.1, 0.15) is 27.2 Å². The van der Waals surface area contributed by atoms with E-state index in [4.69, 9.17) is 4.42 Å². The van der Waals surface area contributed by atoms with Crippen LogP contribution in [-0.2, 0) is 23.1 Å². The lowest BCUT2D eigenvalue weighted by Crippen LogP contribution is -2.28. The number of carbonyl (C=O) groups excluding carboxylic acids is 1. The molecule has 0 aliphatic heterocycles. The monoisotopic (exact) mass is 416 g/mol. The number of benzene rings is 2. The van der Waals surface area contributed by atoms with Crippen LogP contribution in [-0.4, -0.2) is 26.3 Å². The lowest BCUT2D eigenvalue weighted by molar-refractivity contribution is 0.0784. The molecule has 3 rings (SSSR count). The van der Waals surface area contributed by atoms with Gasteiger partial charge in [-0.2, -0.15) is 0 Å². The Kier molecular flexibility index (Phi) is 6.14. The van der Waals surface area contributed by atoms with Gasteiger partial charge in [0.05, 0.1) is 17.7 Å². The van der Waals surface area contributed by atoms with Gasteiger partial charge in [0.25, 0.3) is 5.91 Å². The van der Waals surface area contributed by atoms with Gasteiger partial charge in [0, 0.05) is 19.2 Å². The molecule has 0 fully saturated rings. The number of nitrogens with zero attached hydrogens (tertiary/aromatic N) is 1. The van der Waals surface area contributed by atoms with Crippen LogP contribution in [0, 0.1) is 12.7 Å². The number of sulfonamides is 1. The van der Waals surface area contributed by atoms with E-state index in [0.717, 1.165) is 0 Å². The molecule has 0 aliphatic rings. The molecular formula is C21H21FN2O4S. The largest absolute Gasteiger partial charge is 0.468 e. The van der Waals surface area contributed by atoms with Crippen LogP contribution < -0.4 is 4.72 Å². The summed E-state index contributed by atoms with van der Waals surface area (Å²) in [4.78, 5) is 14.3. The minimum absolute atomic E-state index is 0.00592. The van der Waals surface area contributed by atoms with E-state index in [2.05, 4.69) is 4.72 Å². The predicted molar refractivity (Wildman–Crippen MR) is 106 cm³/mol. The van der Waals surface area contributed by atoms with Crippen LogP contribution >= 0.6 is 0 Å². The van der Waals surface area contributed by atoms with Crippen molar-refractivity contribution in [2.24, 2.45) is 0 Å². The number of hydrogen-bond donors (Lipinski definition) is 1. The molecule has 1 N–H and O–H groups in total. The maximum atomic E-state index is 13.4. The van der Waals surface area contributed by atoms with Crippen molar-refractivity contribution in [1.82, 2.24) is 9.62 Å². The van der Waals surface area contributed by atoms with Gasteiger partial charge in [-0.1, -0.05) is 18.2 Å². The molecule has 1 aromatic heterocycles. The van der Waals surface area contributed by atoms with Gasteiger partial charge in [0.2, 0.25) is 10.0 Å². The molecule has 1 amide bonds. The van der Waals surface area contributed by atoms with Crippen LogP contribution in [0.2, 0.25) is 0 Å². The minimum Gasteiger partial charge on any atom is -0.468 e.